The van der Waals surface area contributed by atoms with Gasteiger partial charge in [0.25, 0.3) is 0 Å². The van der Waals surface area contributed by atoms with Crippen LogP contribution in [-0.2, 0) is 0 Å². The van der Waals surface area contributed by atoms with Gasteiger partial charge in [-0.15, -0.1) is 13.2 Å². The van der Waals surface area contributed by atoms with Gasteiger partial charge in [-0.3, -0.25) is 9.93 Å². The van der Waals surface area contributed by atoms with Gasteiger partial charge in [-0.05, 0) is 54.3 Å². The largest absolute Gasteiger partial charge is 0.573 e. The fourth-order valence-corrected chi connectivity index (χ4v) is 3.29. The van der Waals surface area contributed by atoms with Crippen LogP contribution in [-0.4, -0.2) is 26.8 Å². The van der Waals surface area contributed by atoms with E-state index in [1.807, 2.05) is 25.2 Å². The fourth-order valence-electron chi connectivity index (χ4n) is 2.89. The van der Waals surface area contributed by atoms with E-state index in [0.717, 1.165) is 16.3 Å². The highest BCUT2D eigenvalue weighted by Crippen LogP contribution is 2.35. The number of hydrogen-bond acceptors (Lipinski definition) is 6. The minimum absolute atomic E-state index is 0.262. The summed E-state index contributed by atoms with van der Waals surface area (Å²) in [5, 5.41) is 8.46. The van der Waals surface area contributed by atoms with Crippen molar-refractivity contribution in [3.05, 3.63) is 71.8 Å². The van der Waals surface area contributed by atoms with E-state index < -0.39 is 6.36 Å². The van der Waals surface area contributed by atoms with Crippen LogP contribution in [0.3, 0.4) is 0 Å². The highest BCUT2D eigenvalue weighted by atomic mass is 32.2. The number of para-hydroxylation sites is 1. The van der Waals surface area contributed by atoms with Gasteiger partial charge >= 0.3 is 6.36 Å². The monoisotopic (exact) mass is 464 g/mol. The van der Waals surface area contributed by atoms with Gasteiger partial charge in [-0.1, -0.05) is 30.3 Å². The summed E-state index contributed by atoms with van der Waals surface area (Å²) in [4.78, 5) is 11.6. The van der Waals surface area contributed by atoms with Crippen LogP contribution in [0.2, 0.25) is 0 Å². The van der Waals surface area contributed by atoms with E-state index >= 15 is 0 Å². The van der Waals surface area contributed by atoms with Crippen molar-refractivity contribution in [3.63, 3.8) is 0 Å². The Morgan fingerprint density at radius 3 is 2.28 bits per heavy atom. The van der Waals surface area contributed by atoms with Crippen LogP contribution in [0.4, 0.5) is 18.9 Å². The van der Waals surface area contributed by atoms with Gasteiger partial charge in [0.05, 0.1) is 12.0 Å². The van der Waals surface area contributed by atoms with Gasteiger partial charge < -0.3 is 14.8 Å². The van der Waals surface area contributed by atoms with Crippen molar-refractivity contribution in [3.8, 4) is 22.6 Å². The molecule has 0 bridgehead atoms. The van der Waals surface area contributed by atoms with Gasteiger partial charge in [0, 0.05) is 29.9 Å². The van der Waals surface area contributed by atoms with Crippen LogP contribution < -0.4 is 19.9 Å². The summed E-state index contributed by atoms with van der Waals surface area (Å²) in [6.45, 7) is 1.73. The zero-order valence-electron chi connectivity index (χ0n) is 17.7. The molecular weight excluding hydrogens is 441 g/mol. The maximum Gasteiger partial charge on any atom is 0.573 e. The van der Waals surface area contributed by atoms with Crippen LogP contribution >= 0.6 is 11.9 Å². The lowest BCUT2D eigenvalue weighted by molar-refractivity contribution is -0.274. The number of methoxy groups -OCH3 is 1. The van der Waals surface area contributed by atoms with Crippen LogP contribution in [0.25, 0.3) is 11.1 Å². The van der Waals surface area contributed by atoms with E-state index in [-0.39, 0.29) is 5.75 Å². The predicted octanol–water partition coefficient (Wildman–Crippen LogP) is 6.08. The maximum absolute atomic E-state index is 12.4. The smallest absolute Gasteiger partial charge is 0.495 e. The van der Waals surface area contributed by atoms with Gasteiger partial charge in [-0.2, -0.15) is 0 Å². The molecule has 0 spiro atoms. The summed E-state index contributed by atoms with van der Waals surface area (Å²) in [6, 6.07) is 16.5. The second-order valence-electron chi connectivity index (χ2n) is 6.47. The molecular formula is C23H23F3N2O3S. The Bertz CT molecular complexity index is 1060. The zero-order chi connectivity index (χ0) is 23.7. The molecule has 0 fully saturated rings. The van der Waals surface area contributed by atoms with E-state index in [2.05, 4.69) is 10.1 Å². The number of aldehydes is 1. The molecule has 9 heteroatoms. The molecule has 0 saturated heterocycles. The number of aryl methyl sites for hydroxylation is 1. The van der Waals surface area contributed by atoms with Crippen molar-refractivity contribution in [2.45, 2.75) is 18.2 Å². The van der Waals surface area contributed by atoms with E-state index in [9.17, 15) is 18.0 Å². The first-order chi connectivity index (χ1) is 15.2. The van der Waals surface area contributed by atoms with E-state index in [1.54, 1.807) is 44.4 Å². The van der Waals surface area contributed by atoms with Crippen LogP contribution in [0.5, 0.6) is 11.5 Å². The standard InChI is InChI=1S/C15H11F3O2.C8H12N2OS/c1-10-8-11(9-19)6-7-12(10)13-4-2-3-5-14(13)20-15(16,17)18;1-10-6-3-4-8(12-9)7(5-6)11-2/h2-9H,1H3;3-5,10H,9H2,1-2H3. The van der Waals surface area contributed by atoms with E-state index in [0.29, 0.717) is 28.5 Å². The molecule has 3 aromatic rings. The van der Waals surface area contributed by atoms with Crippen molar-refractivity contribution >= 4 is 23.9 Å². The molecule has 0 unspecified atom stereocenters. The molecule has 0 saturated carbocycles. The van der Waals surface area contributed by atoms with Gasteiger partial charge in [0.2, 0.25) is 0 Å². The first kappa shape index (κ1) is 25.1. The normalized spacial score (nSPS) is 10.6. The van der Waals surface area contributed by atoms with Gasteiger partial charge in [0.1, 0.15) is 17.8 Å². The van der Waals surface area contributed by atoms with Crippen molar-refractivity contribution < 1.29 is 27.4 Å². The first-order valence-corrected chi connectivity index (χ1v) is 10.2. The topological polar surface area (TPSA) is 73.6 Å². The number of alkyl halides is 3. The van der Waals surface area contributed by atoms with Gasteiger partial charge in [-0.25, -0.2) is 0 Å². The Labute approximate surface area is 188 Å². The number of anilines is 1. The molecule has 5 nitrogen and oxygen atoms in total. The highest BCUT2D eigenvalue weighted by Gasteiger charge is 2.32. The number of nitrogens with one attached hydrogen (secondary N) is 1. The number of carbonyl (C=O) groups is 1. The van der Waals surface area contributed by atoms with Crippen molar-refractivity contribution in [1.29, 1.82) is 0 Å². The SMILES string of the molecule is CNc1ccc(SN)c(OC)c1.Cc1cc(C=O)ccc1-c1ccccc1OC(F)(F)F. The molecule has 0 aliphatic rings. The zero-order valence-corrected chi connectivity index (χ0v) is 18.5. The summed E-state index contributed by atoms with van der Waals surface area (Å²) in [5.41, 5.74) is 3.12. The Hall–Kier alpha value is -3.17. The molecule has 3 aromatic carbocycles. The fraction of sp³-hybridized carbons (Fsp3) is 0.174. The lowest BCUT2D eigenvalue weighted by Crippen LogP contribution is -2.17. The van der Waals surface area contributed by atoms with E-state index in [1.165, 1.54) is 24.1 Å². The van der Waals surface area contributed by atoms with E-state index in [4.69, 9.17) is 9.88 Å². The number of ether oxygens (including phenoxy) is 2. The van der Waals surface area contributed by atoms with Gasteiger partial charge in [0.15, 0.2) is 0 Å². The minimum Gasteiger partial charge on any atom is -0.495 e. The minimum atomic E-state index is -4.74. The molecule has 3 N–H and O–H groups in total. The summed E-state index contributed by atoms with van der Waals surface area (Å²) in [6.07, 6.45) is -4.05. The van der Waals surface area contributed by atoms with Crippen molar-refractivity contribution in [1.82, 2.24) is 0 Å². The molecule has 170 valence electrons. The maximum atomic E-state index is 12.4. The molecule has 3 rings (SSSR count). The molecule has 0 aliphatic heterocycles. The lowest BCUT2D eigenvalue weighted by Gasteiger charge is -2.14. The predicted molar refractivity (Wildman–Crippen MR) is 121 cm³/mol. The third-order valence-corrected chi connectivity index (χ3v) is 4.96. The summed E-state index contributed by atoms with van der Waals surface area (Å²) < 4.78 is 46.3. The number of halogens is 3. The Morgan fingerprint density at radius 2 is 1.72 bits per heavy atom. The second-order valence-corrected chi connectivity index (χ2v) is 7.15. The molecule has 0 aliphatic carbocycles. The molecule has 0 heterocycles. The van der Waals surface area contributed by atoms with Crippen LogP contribution in [0, 0.1) is 6.92 Å². The second kappa shape index (κ2) is 11.4. The molecule has 0 atom stereocenters. The molecule has 0 amide bonds. The lowest BCUT2D eigenvalue weighted by atomic mass is 9.98. The molecule has 32 heavy (non-hydrogen) atoms. The molecule has 0 radical (unpaired) electrons. The number of carbonyl (C=O) groups excluding carboxylic acids is 1. The Balaban J connectivity index is 0.000000258. The average molecular weight is 465 g/mol. The number of hydrogen-bond donors (Lipinski definition) is 2. The number of nitrogens with two attached hydrogens (primary N) is 1. The summed E-state index contributed by atoms with van der Waals surface area (Å²) >= 11 is 1.19. The summed E-state index contributed by atoms with van der Waals surface area (Å²) in [7, 11) is 3.50. The Kier molecular flexibility index (Phi) is 8.98. The average Bonchev–Trinajstić information content (AvgIpc) is 2.78. The number of benzene rings is 3. The molecule has 0 aromatic heterocycles. The third kappa shape index (κ3) is 6.93. The van der Waals surface area contributed by atoms with Crippen molar-refractivity contribution in [2.24, 2.45) is 5.14 Å². The Morgan fingerprint density at radius 1 is 1.00 bits per heavy atom. The van der Waals surface area contributed by atoms with Crippen molar-refractivity contribution in [2.75, 3.05) is 19.5 Å². The van der Waals surface area contributed by atoms with Crippen LogP contribution in [0.1, 0.15) is 15.9 Å². The third-order valence-electron chi connectivity index (χ3n) is 4.37. The summed E-state index contributed by atoms with van der Waals surface area (Å²) in [5.74, 6) is 0.538. The number of rotatable bonds is 6. The highest BCUT2D eigenvalue weighted by molar-refractivity contribution is 7.97. The quantitative estimate of drug-likeness (QED) is 0.340. The van der Waals surface area contributed by atoms with Crippen LogP contribution in [0.15, 0.2) is 65.6 Å². The first-order valence-electron chi connectivity index (χ1n) is 9.36.